The number of benzene rings is 1. The third-order valence-corrected chi connectivity index (χ3v) is 2.57. The zero-order valence-electron chi connectivity index (χ0n) is 10.8. The Balaban J connectivity index is 2.74. The Hall–Kier alpha value is -1.64. The molecule has 0 aliphatic rings. The highest BCUT2D eigenvalue weighted by molar-refractivity contribution is 5.99. The lowest BCUT2D eigenvalue weighted by atomic mass is 9.86. The van der Waals surface area contributed by atoms with Gasteiger partial charge in [-0.15, -0.1) is 0 Å². The molecule has 0 aliphatic heterocycles. The van der Waals surface area contributed by atoms with Gasteiger partial charge in [0.25, 0.3) is 0 Å². The normalized spacial score (nSPS) is 11.1. The maximum absolute atomic E-state index is 11.7. The monoisotopic (exact) mass is 233 g/mol. The van der Waals surface area contributed by atoms with Crippen molar-refractivity contribution in [2.45, 2.75) is 33.1 Å². The lowest BCUT2D eigenvalue weighted by Crippen LogP contribution is -2.27. The maximum Gasteiger partial charge on any atom is 0.217 e. The minimum atomic E-state index is -0.190. The smallest absolute Gasteiger partial charge is 0.217 e. The zero-order chi connectivity index (χ0) is 13.1. The van der Waals surface area contributed by atoms with Crippen molar-refractivity contribution in [3.05, 3.63) is 35.4 Å². The van der Waals surface area contributed by atoms with E-state index in [-0.39, 0.29) is 23.7 Å². The molecule has 0 saturated heterocycles. The van der Waals surface area contributed by atoms with Crippen LogP contribution >= 0.6 is 0 Å². The SMILES string of the molecule is CC(=O)NCC(=O)c1ccc(C(C)(C)C)cc1. The molecular formula is C14H19NO2. The third-order valence-electron chi connectivity index (χ3n) is 2.57. The molecule has 0 aliphatic carbocycles. The molecule has 0 heterocycles. The van der Waals surface area contributed by atoms with Crippen LogP contribution in [-0.2, 0) is 10.2 Å². The first-order valence-corrected chi connectivity index (χ1v) is 5.69. The van der Waals surface area contributed by atoms with Gasteiger partial charge < -0.3 is 5.32 Å². The van der Waals surface area contributed by atoms with Gasteiger partial charge in [-0.05, 0) is 11.0 Å². The van der Waals surface area contributed by atoms with Crippen LogP contribution in [0.3, 0.4) is 0 Å². The Kier molecular flexibility index (Phi) is 4.05. The molecule has 1 aromatic rings. The maximum atomic E-state index is 11.7. The highest BCUT2D eigenvalue weighted by Gasteiger charge is 2.14. The molecule has 0 unspecified atom stereocenters. The predicted molar refractivity (Wildman–Crippen MR) is 68.2 cm³/mol. The fourth-order valence-electron chi connectivity index (χ4n) is 1.46. The highest BCUT2D eigenvalue weighted by atomic mass is 16.2. The van der Waals surface area contributed by atoms with E-state index in [0.717, 1.165) is 0 Å². The largest absolute Gasteiger partial charge is 0.349 e. The van der Waals surface area contributed by atoms with Gasteiger partial charge in [0.15, 0.2) is 5.78 Å². The van der Waals surface area contributed by atoms with Gasteiger partial charge in [-0.3, -0.25) is 9.59 Å². The molecule has 3 heteroatoms. The van der Waals surface area contributed by atoms with E-state index >= 15 is 0 Å². The molecule has 0 aromatic heterocycles. The molecule has 1 N–H and O–H groups in total. The summed E-state index contributed by atoms with van der Waals surface area (Å²) in [5, 5.41) is 2.50. The molecule has 0 atom stereocenters. The number of hydrogen-bond acceptors (Lipinski definition) is 2. The van der Waals surface area contributed by atoms with Crippen LogP contribution in [0.5, 0.6) is 0 Å². The van der Waals surface area contributed by atoms with Crippen LogP contribution in [0, 0.1) is 0 Å². The second kappa shape index (κ2) is 5.13. The molecule has 3 nitrogen and oxygen atoms in total. The molecule has 1 rings (SSSR count). The van der Waals surface area contributed by atoms with Gasteiger partial charge in [-0.2, -0.15) is 0 Å². The minimum Gasteiger partial charge on any atom is -0.349 e. The standard InChI is InChI=1S/C14H19NO2/c1-10(16)15-9-13(17)11-5-7-12(8-6-11)14(2,3)4/h5-8H,9H2,1-4H3,(H,15,16). The summed E-state index contributed by atoms with van der Waals surface area (Å²) in [5.74, 6) is -0.259. The molecule has 0 spiro atoms. The Bertz CT molecular complexity index is 413. The third kappa shape index (κ3) is 4.02. The minimum absolute atomic E-state index is 0.0597. The second-order valence-electron chi connectivity index (χ2n) is 5.16. The van der Waals surface area contributed by atoms with Crippen molar-refractivity contribution in [2.75, 3.05) is 6.54 Å². The summed E-state index contributed by atoms with van der Waals surface area (Å²) in [6.45, 7) is 7.84. The van der Waals surface area contributed by atoms with E-state index in [1.807, 2.05) is 24.3 Å². The van der Waals surface area contributed by atoms with Crippen LogP contribution < -0.4 is 5.32 Å². The van der Waals surface area contributed by atoms with Crippen molar-refractivity contribution in [3.8, 4) is 0 Å². The zero-order valence-corrected chi connectivity index (χ0v) is 10.8. The number of Topliss-reactive ketones (excluding diaryl/α,β-unsaturated/α-hetero) is 1. The molecule has 0 radical (unpaired) electrons. The number of amides is 1. The van der Waals surface area contributed by atoms with E-state index in [1.54, 1.807) is 0 Å². The van der Waals surface area contributed by atoms with Crippen LogP contribution in [0.2, 0.25) is 0 Å². The van der Waals surface area contributed by atoms with E-state index < -0.39 is 0 Å². The molecule has 92 valence electrons. The summed E-state index contributed by atoms with van der Waals surface area (Å²) >= 11 is 0. The number of carbonyl (C=O) groups excluding carboxylic acids is 2. The topological polar surface area (TPSA) is 46.2 Å². The van der Waals surface area contributed by atoms with E-state index in [0.29, 0.717) is 5.56 Å². The van der Waals surface area contributed by atoms with Crippen molar-refractivity contribution < 1.29 is 9.59 Å². The molecule has 0 saturated carbocycles. The molecule has 0 bridgehead atoms. The predicted octanol–water partition coefficient (Wildman–Crippen LogP) is 2.30. The van der Waals surface area contributed by atoms with Crippen LogP contribution in [-0.4, -0.2) is 18.2 Å². The van der Waals surface area contributed by atoms with Crippen LogP contribution in [0.4, 0.5) is 0 Å². The molecule has 0 fully saturated rings. The quantitative estimate of drug-likeness (QED) is 0.814. The highest BCUT2D eigenvalue weighted by Crippen LogP contribution is 2.22. The Morgan fingerprint density at radius 2 is 1.65 bits per heavy atom. The average Bonchev–Trinajstić information content (AvgIpc) is 2.25. The van der Waals surface area contributed by atoms with Crippen molar-refractivity contribution in [1.82, 2.24) is 5.32 Å². The summed E-state index contributed by atoms with van der Waals surface area (Å²) in [6, 6.07) is 7.54. The van der Waals surface area contributed by atoms with Gasteiger partial charge >= 0.3 is 0 Å². The number of carbonyl (C=O) groups is 2. The lowest BCUT2D eigenvalue weighted by molar-refractivity contribution is -0.118. The van der Waals surface area contributed by atoms with Gasteiger partial charge in [0.1, 0.15) is 0 Å². The first-order chi connectivity index (χ1) is 7.80. The first-order valence-electron chi connectivity index (χ1n) is 5.69. The molecule has 1 amide bonds. The van der Waals surface area contributed by atoms with Crippen molar-refractivity contribution in [2.24, 2.45) is 0 Å². The molecule has 17 heavy (non-hydrogen) atoms. The summed E-state index contributed by atoms with van der Waals surface area (Å²) in [5.41, 5.74) is 1.90. The summed E-state index contributed by atoms with van der Waals surface area (Å²) in [4.78, 5) is 22.4. The van der Waals surface area contributed by atoms with Gasteiger partial charge in [0, 0.05) is 12.5 Å². The summed E-state index contributed by atoms with van der Waals surface area (Å²) < 4.78 is 0. The number of ketones is 1. The van der Waals surface area contributed by atoms with Crippen LogP contribution in [0.1, 0.15) is 43.6 Å². The second-order valence-corrected chi connectivity index (χ2v) is 5.16. The van der Waals surface area contributed by atoms with Crippen molar-refractivity contribution >= 4 is 11.7 Å². The van der Waals surface area contributed by atoms with Gasteiger partial charge in [0.05, 0.1) is 6.54 Å². The van der Waals surface area contributed by atoms with E-state index in [2.05, 4.69) is 26.1 Å². The van der Waals surface area contributed by atoms with Crippen molar-refractivity contribution in [3.63, 3.8) is 0 Å². The Morgan fingerprint density at radius 1 is 1.12 bits per heavy atom. The Morgan fingerprint density at radius 3 is 2.06 bits per heavy atom. The first kappa shape index (κ1) is 13.4. The van der Waals surface area contributed by atoms with Crippen LogP contribution in [0.15, 0.2) is 24.3 Å². The van der Waals surface area contributed by atoms with E-state index in [9.17, 15) is 9.59 Å². The lowest BCUT2D eigenvalue weighted by Gasteiger charge is -2.18. The van der Waals surface area contributed by atoms with Gasteiger partial charge in [-0.1, -0.05) is 45.0 Å². The molecular weight excluding hydrogens is 214 g/mol. The van der Waals surface area contributed by atoms with Gasteiger partial charge in [0.2, 0.25) is 5.91 Å². The molecule has 1 aromatic carbocycles. The fraction of sp³-hybridized carbons (Fsp3) is 0.429. The number of nitrogens with one attached hydrogen (secondary N) is 1. The van der Waals surface area contributed by atoms with E-state index in [4.69, 9.17) is 0 Å². The summed E-state index contributed by atoms with van der Waals surface area (Å²) in [6.07, 6.45) is 0. The van der Waals surface area contributed by atoms with Crippen LogP contribution in [0.25, 0.3) is 0 Å². The van der Waals surface area contributed by atoms with Crippen molar-refractivity contribution in [1.29, 1.82) is 0 Å². The average molecular weight is 233 g/mol. The van der Waals surface area contributed by atoms with E-state index in [1.165, 1.54) is 12.5 Å². The Labute approximate surface area is 102 Å². The van der Waals surface area contributed by atoms with Gasteiger partial charge in [-0.25, -0.2) is 0 Å². The summed E-state index contributed by atoms with van der Waals surface area (Å²) in [7, 11) is 0. The number of hydrogen-bond donors (Lipinski definition) is 1. The number of rotatable bonds is 3. The fourth-order valence-corrected chi connectivity index (χ4v) is 1.46.